The van der Waals surface area contributed by atoms with E-state index in [1.165, 1.54) is 0 Å². The van der Waals surface area contributed by atoms with E-state index in [2.05, 4.69) is 0 Å². The molecule has 0 bridgehead atoms. The third-order valence-electron chi connectivity index (χ3n) is 5.51. The van der Waals surface area contributed by atoms with E-state index in [1.807, 2.05) is 44.2 Å². The minimum atomic E-state index is -0.643. The number of carbonyl (C=O) groups excluding carboxylic acids is 1. The first kappa shape index (κ1) is 18.2. The summed E-state index contributed by atoms with van der Waals surface area (Å²) in [6, 6.07) is 18.9. The molecule has 30 heavy (non-hydrogen) atoms. The van der Waals surface area contributed by atoms with E-state index < -0.39 is 6.04 Å². The topological polar surface area (TPSA) is 70.8 Å². The van der Waals surface area contributed by atoms with Gasteiger partial charge < -0.3 is 9.52 Å². The Balaban J connectivity index is 1.83. The molecule has 0 saturated heterocycles. The molecule has 4 aromatic rings. The molecule has 1 atom stereocenters. The molecule has 3 aromatic carbocycles. The van der Waals surface area contributed by atoms with Crippen LogP contribution in [0.25, 0.3) is 11.0 Å². The van der Waals surface area contributed by atoms with Gasteiger partial charge in [-0.2, -0.15) is 0 Å². The summed E-state index contributed by atoms with van der Waals surface area (Å²) in [5, 5.41) is 10.2. The number of benzene rings is 3. The zero-order valence-electron chi connectivity index (χ0n) is 16.5. The fourth-order valence-corrected chi connectivity index (χ4v) is 4.10. The molecule has 0 spiro atoms. The number of phenols is 1. The molecule has 1 unspecified atom stereocenters. The number of rotatable bonds is 2. The van der Waals surface area contributed by atoms with Crippen LogP contribution in [0.5, 0.6) is 5.75 Å². The van der Waals surface area contributed by atoms with Crippen LogP contribution in [0.4, 0.5) is 5.69 Å². The maximum atomic E-state index is 13.5. The molecule has 0 fully saturated rings. The van der Waals surface area contributed by atoms with Gasteiger partial charge in [0, 0.05) is 5.69 Å². The van der Waals surface area contributed by atoms with E-state index in [0.717, 1.165) is 16.7 Å². The lowest BCUT2D eigenvalue weighted by molar-refractivity contribution is 0.0971. The molecular formula is C25H19NO4. The predicted octanol–water partition coefficient (Wildman–Crippen LogP) is 4.87. The lowest BCUT2D eigenvalue weighted by Crippen LogP contribution is -2.29. The number of fused-ring (bicyclic) bond motifs is 2. The monoisotopic (exact) mass is 397 g/mol. The number of aryl methyl sites for hydroxylation is 2. The molecule has 0 radical (unpaired) electrons. The SMILES string of the molecule is Cc1cccc(N2C(=O)c3oc4ccc(C)cc4c(=O)c3C2c2ccc(O)cc2)c1. The normalized spacial score (nSPS) is 15.6. The third-order valence-corrected chi connectivity index (χ3v) is 5.51. The van der Waals surface area contributed by atoms with Crippen molar-refractivity contribution in [3.05, 3.63) is 105 Å². The molecular weight excluding hydrogens is 378 g/mol. The molecule has 5 rings (SSSR count). The summed E-state index contributed by atoms with van der Waals surface area (Å²) in [5.74, 6) is -0.171. The Morgan fingerprint density at radius 1 is 0.900 bits per heavy atom. The van der Waals surface area contributed by atoms with Gasteiger partial charge in [0.2, 0.25) is 5.76 Å². The first-order valence-corrected chi connectivity index (χ1v) is 9.70. The van der Waals surface area contributed by atoms with Crippen molar-refractivity contribution in [2.24, 2.45) is 0 Å². The highest BCUT2D eigenvalue weighted by Gasteiger charge is 2.43. The average Bonchev–Trinajstić information content (AvgIpc) is 3.02. The summed E-state index contributed by atoms with van der Waals surface area (Å²) in [6.07, 6.45) is 0. The zero-order chi connectivity index (χ0) is 21.0. The van der Waals surface area contributed by atoms with E-state index >= 15 is 0 Å². The number of hydrogen-bond donors (Lipinski definition) is 1. The number of phenolic OH excluding ortho intramolecular Hbond substituents is 1. The van der Waals surface area contributed by atoms with Crippen molar-refractivity contribution in [3.8, 4) is 5.75 Å². The second kappa shape index (κ2) is 6.59. The quantitative estimate of drug-likeness (QED) is 0.524. The molecule has 0 saturated carbocycles. The summed E-state index contributed by atoms with van der Waals surface area (Å²) in [6.45, 7) is 3.86. The highest BCUT2D eigenvalue weighted by atomic mass is 16.3. The van der Waals surface area contributed by atoms with Crippen LogP contribution >= 0.6 is 0 Å². The van der Waals surface area contributed by atoms with Gasteiger partial charge in [0.15, 0.2) is 5.43 Å². The molecule has 5 heteroatoms. The van der Waals surface area contributed by atoms with Gasteiger partial charge in [-0.1, -0.05) is 35.9 Å². The standard InChI is InChI=1S/C25H19NO4/c1-14-4-3-5-17(12-14)26-22(16-7-9-18(27)10-8-16)21-23(28)19-13-15(2)6-11-20(19)30-24(21)25(26)29/h3-13,22,27H,1-2H3. The predicted molar refractivity (Wildman–Crippen MR) is 115 cm³/mol. The Hall–Kier alpha value is -3.86. The Morgan fingerprint density at radius 2 is 1.63 bits per heavy atom. The molecule has 148 valence electrons. The molecule has 1 aromatic heterocycles. The van der Waals surface area contributed by atoms with Gasteiger partial charge in [-0.15, -0.1) is 0 Å². The zero-order valence-corrected chi connectivity index (χ0v) is 16.5. The van der Waals surface area contributed by atoms with Crippen LogP contribution in [0.3, 0.4) is 0 Å². The smallest absolute Gasteiger partial charge is 0.295 e. The lowest BCUT2D eigenvalue weighted by atomic mass is 9.97. The van der Waals surface area contributed by atoms with Crippen LogP contribution in [0.1, 0.15) is 38.9 Å². The van der Waals surface area contributed by atoms with Crippen LogP contribution in [0.15, 0.2) is 75.9 Å². The van der Waals surface area contributed by atoms with Crippen LogP contribution in [-0.2, 0) is 0 Å². The largest absolute Gasteiger partial charge is 0.508 e. The van der Waals surface area contributed by atoms with Crippen molar-refractivity contribution in [3.63, 3.8) is 0 Å². The van der Waals surface area contributed by atoms with E-state index in [-0.39, 0.29) is 22.8 Å². The Labute approximate surface area is 172 Å². The summed E-state index contributed by atoms with van der Waals surface area (Å²) in [4.78, 5) is 28.6. The fraction of sp³-hybridized carbons (Fsp3) is 0.120. The second-order valence-electron chi connectivity index (χ2n) is 7.68. The van der Waals surface area contributed by atoms with Crippen molar-refractivity contribution >= 4 is 22.6 Å². The number of nitrogens with zero attached hydrogens (tertiary/aromatic N) is 1. The van der Waals surface area contributed by atoms with Gasteiger partial charge in [-0.25, -0.2) is 0 Å². The maximum absolute atomic E-state index is 13.5. The average molecular weight is 397 g/mol. The van der Waals surface area contributed by atoms with Crippen LogP contribution in [-0.4, -0.2) is 11.0 Å². The molecule has 2 heterocycles. The van der Waals surface area contributed by atoms with Gasteiger partial charge >= 0.3 is 0 Å². The van der Waals surface area contributed by atoms with E-state index in [9.17, 15) is 14.7 Å². The number of anilines is 1. The van der Waals surface area contributed by atoms with Gasteiger partial charge in [0.1, 0.15) is 11.3 Å². The number of hydrogen-bond acceptors (Lipinski definition) is 4. The summed E-state index contributed by atoms with van der Waals surface area (Å²) in [5.41, 5.74) is 3.86. The summed E-state index contributed by atoms with van der Waals surface area (Å²) in [7, 11) is 0. The number of amides is 1. The highest BCUT2D eigenvalue weighted by molar-refractivity contribution is 6.10. The van der Waals surface area contributed by atoms with Crippen LogP contribution in [0, 0.1) is 13.8 Å². The molecule has 1 N–H and O–H groups in total. The number of carbonyl (C=O) groups is 1. The molecule has 5 nitrogen and oxygen atoms in total. The van der Waals surface area contributed by atoms with Crippen LogP contribution < -0.4 is 10.3 Å². The minimum Gasteiger partial charge on any atom is -0.508 e. The van der Waals surface area contributed by atoms with Gasteiger partial charge in [0.05, 0.1) is 17.0 Å². The molecule has 0 aliphatic carbocycles. The Morgan fingerprint density at radius 3 is 2.37 bits per heavy atom. The Bertz CT molecular complexity index is 1370. The van der Waals surface area contributed by atoms with Crippen molar-refractivity contribution in [1.29, 1.82) is 0 Å². The van der Waals surface area contributed by atoms with E-state index in [1.54, 1.807) is 41.3 Å². The van der Waals surface area contributed by atoms with E-state index in [0.29, 0.717) is 22.2 Å². The Kier molecular flexibility index (Phi) is 4.00. The van der Waals surface area contributed by atoms with Crippen molar-refractivity contribution in [2.75, 3.05) is 4.90 Å². The molecule has 1 aliphatic rings. The van der Waals surface area contributed by atoms with Gasteiger partial charge in [-0.05, 0) is 61.4 Å². The fourth-order valence-electron chi connectivity index (χ4n) is 4.10. The minimum absolute atomic E-state index is 0.0657. The summed E-state index contributed by atoms with van der Waals surface area (Å²) >= 11 is 0. The van der Waals surface area contributed by atoms with Crippen LogP contribution in [0.2, 0.25) is 0 Å². The lowest BCUT2D eigenvalue weighted by Gasteiger charge is -2.25. The maximum Gasteiger partial charge on any atom is 0.295 e. The van der Waals surface area contributed by atoms with Gasteiger partial charge in [0.25, 0.3) is 5.91 Å². The van der Waals surface area contributed by atoms with Crippen molar-refractivity contribution in [1.82, 2.24) is 0 Å². The second-order valence-corrected chi connectivity index (χ2v) is 7.68. The van der Waals surface area contributed by atoms with Gasteiger partial charge in [-0.3, -0.25) is 14.5 Å². The first-order chi connectivity index (χ1) is 14.4. The molecule has 1 amide bonds. The highest BCUT2D eigenvalue weighted by Crippen LogP contribution is 2.41. The summed E-state index contributed by atoms with van der Waals surface area (Å²) < 4.78 is 5.97. The molecule has 1 aliphatic heterocycles. The van der Waals surface area contributed by atoms with Crippen molar-refractivity contribution in [2.45, 2.75) is 19.9 Å². The van der Waals surface area contributed by atoms with E-state index in [4.69, 9.17) is 4.42 Å². The first-order valence-electron chi connectivity index (χ1n) is 9.70. The third kappa shape index (κ3) is 2.70. The number of aromatic hydroxyl groups is 1. The van der Waals surface area contributed by atoms with Crippen molar-refractivity contribution < 1.29 is 14.3 Å².